The molecule has 6 heteroatoms. The Morgan fingerprint density at radius 2 is 2.26 bits per heavy atom. The summed E-state index contributed by atoms with van der Waals surface area (Å²) in [5, 5.41) is 6.72. The highest BCUT2D eigenvalue weighted by molar-refractivity contribution is 9.10. The van der Waals surface area contributed by atoms with Crippen molar-refractivity contribution in [2.24, 2.45) is 0 Å². The Balaban J connectivity index is 1.91. The molecule has 2 N–H and O–H groups in total. The van der Waals surface area contributed by atoms with Crippen LogP contribution < -0.4 is 10.6 Å². The summed E-state index contributed by atoms with van der Waals surface area (Å²) in [4.78, 5) is 14.2. The summed E-state index contributed by atoms with van der Waals surface area (Å²) in [5.74, 6) is -0.0260. The number of carbonyl (C=O) groups is 1. The molecule has 0 bridgehead atoms. The van der Waals surface area contributed by atoms with Crippen LogP contribution in [0.15, 0.2) is 22.7 Å². The molecule has 104 valence electrons. The average Bonchev–Trinajstić information content (AvgIpc) is 2.62. The van der Waals surface area contributed by atoms with Crippen molar-refractivity contribution < 1.29 is 4.79 Å². The third kappa shape index (κ3) is 4.76. The maximum absolute atomic E-state index is 12.0. The van der Waals surface area contributed by atoms with Crippen LogP contribution in [-0.2, 0) is 4.79 Å². The molecule has 0 saturated carbocycles. The maximum Gasteiger partial charge on any atom is 0.238 e. The fourth-order valence-corrected chi connectivity index (χ4v) is 2.57. The number of hydrogen-bond donors (Lipinski definition) is 2. The van der Waals surface area contributed by atoms with Crippen molar-refractivity contribution >= 4 is 39.1 Å². The summed E-state index contributed by atoms with van der Waals surface area (Å²) in [5.41, 5.74) is 0.647. The molecule has 1 saturated heterocycles. The van der Waals surface area contributed by atoms with Gasteiger partial charge in [-0.15, -0.1) is 0 Å². The quantitative estimate of drug-likeness (QED) is 0.883. The Labute approximate surface area is 126 Å². The number of benzene rings is 1. The lowest BCUT2D eigenvalue weighted by Gasteiger charge is -2.18. The molecular formula is C13H17BrClN3O. The van der Waals surface area contributed by atoms with Gasteiger partial charge in [0.15, 0.2) is 0 Å². The first kappa shape index (κ1) is 14.8. The molecule has 0 aromatic heterocycles. The lowest BCUT2D eigenvalue weighted by Crippen LogP contribution is -2.35. The van der Waals surface area contributed by atoms with Gasteiger partial charge in [-0.1, -0.05) is 27.5 Å². The monoisotopic (exact) mass is 345 g/mol. The number of halogens is 2. The lowest BCUT2D eigenvalue weighted by atomic mass is 10.3. The molecule has 0 spiro atoms. The fourth-order valence-electron chi connectivity index (χ4n) is 2.05. The minimum Gasteiger partial charge on any atom is -0.324 e. The van der Waals surface area contributed by atoms with E-state index in [1.165, 1.54) is 0 Å². The summed E-state index contributed by atoms with van der Waals surface area (Å²) < 4.78 is 0.895. The number of hydrogen-bond acceptors (Lipinski definition) is 3. The maximum atomic E-state index is 12.0. The second-order valence-corrected chi connectivity index (χ2v) is 5.87. The molecule has 1 fully saturated rings. The van der Waals surface area contributed by atoms with Crippen molar-refractivity contribution in [1.29, 1.82) is 0 Å². The van der Waals surface area contributed by atoms with Gasteiger partial charge in [-0.3, -0.25) is 9.69 Å². The number of carbonyl (C=O) groups excluding carboxylic acids is 1. The van der Waals surface area contributed by atoms with Gasteiger partial charge in [-0.05, 0) is 37.7 Å². The Kier molecular flexibility index (Phi) is 5.63. The summed E-state index contributed by atoms with van der Waals surface area (Å²) in [7, 11) is 0. The zero-order valence-electron chi connectivity index (χ0n) is 10.6. The van der Waals surface area contributed by atoms with Crippen molar-refractivity contribution in [2.45, 2.75) is 6.42 Å². The van der Waals surface area contributed by atoms with Crippen molar-refractivity contribution in [3.05, 3.63) is 27.7 Å². The zero-order chi connectivity index (χ0) is 13.7. The molecule has 2 rings (SSSR count). The molecule has 0 unspecified atom stereocenters. The number of nitrogens with one attached hydrogen (secondary N) is 2. The van der Waals surface area contributed by atoms with E-state index in [0.717, 1.165) is 37.1 Å². The Morgan fingerprint density at radius 3 is 3.11 bits per heavy atom. The van der Waals surface area contributed by atoms with E-state index in [2.05, 4.69) is 31.5 Å². The number of anilines is 1. The minimum absolute atomic E-state index is 0.0260. The molecule has 1 heterocycles. The van der Waals surface area contributed by atoms with Gasteiger partial charge in [0.1, 0.15) is 0 Å². The highest BCUT2D eigenvalue weighted by Gasteiger charge is 2.13. The Hall–Kier alpha value is -0.620. The average molecular weight is 347 g/mol. The molecule has 0 radical (unpaired) electrons. The Bertz CT molecular complexity index is 448. The largest absolute Gasteiger partial charge is 0.324 e. The smallest absolute Gasteiger partial charge is 0.238 e. The normalized spacial score (nSPS) is 16.9. The molecule has 0 aliphatic carbocycles. The first-order chi connectivity index (χ1) is 9.15. The van der Waals surface area contributed by atoms with E-state index in [9.17, 15) is 4.79 Å². The standard InChI is InChI=1S/C13H17BrClN3O/c14-10-2-3-11(15)12(8-10)17-13(19)9-18-6-1-4-16-5-7-18/h2-3,8,16H,1,4-7,9H2,(H,17,19). The predicted octanol–water partition coefficient (Wildman–Crippen LogP) is 2.34. The van der Waals surface area contributed by atoms with E-state index in [-0.39, 0.29) is 5.91 Å². The van der Waals surface area contributed by atoms with Gasteiger partial charge in [0.2, 0.25) is 5.91 Å². The second kappa shape index (κ2) is 7.24. The van der Waals surface area contributed by atoms with Crippen LogP contribution in [0.2, 0.25) is 5.02 Å². The minimum atomic E-state index is -0.0260. The molecule has 1 amide bonds. The van der Waals surface area contributed by atoms with Gasteiger partial charge in [0.05, 0.1) is 17.3 Å². The zero-order valence-corrected chi connectivity index (χ0v) is 12.9. The van der Waals surface area contributed by atoms with Crippen LogP contribution in [0.5, 0.6) is 0 Å². The molecule has 4 nitrogen and oxygen atoms in total. The summed E-state index contributed by atoms with van der Waals surface area (Å²) in [6.45, 7) is 4.22. The predicted molar refractivity (Wildman–Crippen MR) is 81.7 cm³/mol. The van der Waals surface area contributed by atoms with Crippen LogP contribution >= 0.6 is 27.5 Å². The van der Waals surface area contributed by atoms with Crippen molar-refractivity contribution in [3.63, 3.8) is 0 Å². The van der Waals surface area contributed by atoms with Gasteiger partial charge >= 0.3 is 0 Å². The van der Waals surface area contributed by atoms with Crippen LogP contribution in [0.1, 0.15) is 6.42 Å². The fraction of sp³-hybridized carbons (Fsp3) is 0.462. The van der Waals surface area contributed by atoms with Crippen LogP contribution in [-0.4, -0.2) is 43.5 Å². The first-order valence-corrected chi connectivity index (χ1v) is 7.50. The van der Waals surface area contributed by atoms with E-state index in [4.69, 9.17) is 11.6 Å². The van der Waals surface area contributed by atoms with Gasteiger partial charge in [0, 0.05) is 17.6 Å². The van der Waals surface area contributed by atoms with Gasteiger partial charge in [-0.2, -0.15) is 0 Å². The molecule has 0 atom stereocenters. The summed E-state index contributed by atoms with van der Waals surface area (Å²) >= 11 is 9.42. The molecule has 1 aliphatic heterocycles. The van der Waals surface area contributed by atoms with Crippen LogP contribution in [0, 0.1) is 0 Å². The third-order valence-electron chi connectivity index (χ3n) is 3.00. The number of nitrogens with zero attached hydrogens (tertiary/aromatic N) is 1. The van der Waals surface area contributed by atoms with Crippen LogP contribution in [0.4, 0.5) is 5.69 Å². The molecule has 19 heavy (non-hydrogen) atoms. The first-order valence-electron chi connectivity index (χ1n) is 6.33. The van der Waals surface area contributed by atoms with Crippen LogP contribution in [0.25, 0.3) is 0 Å². The summed E-state index contributed by atoms with van der Waals surface area (Å²) in [6, 6.07) is 5.42. The van der Waals surface area contributed by atoms with E-state index < -0.39 is 0 Å². The van der Waals surface area contributed by atoms with Crippen molar-refractivity contribution in [2.75, 3.05) is 38.0 Å². The van der Waals surface area contributed by atoms with Gasteiger partial charge in [-0.25, -0.2) is 0 Å². The summed E-state index contributed by atoms with van der Waals surface area (Å²) in [6.07, 6.45) is 1.07. The molecular weight excluding hydrogens is 330 g/mol. The van der Waals surface area contributed by atoms with Crippen molar-refractivity contribution in [3.8, 4) is 0 Å². The van der Waals surface area contributed by atoms with Gasteiger partial charge in [0.25, 0.3) is 0 Å². The van der Waals surface area contributed by atoms with E-state index in [1.54, 1.807) is 6.07 Å². The second-order valence-electron chi connectivity index (χ2n) is 4.55. The van der Waals surface area contributed by atoms with Crippen molar-refractivity contribution in [1.82, 2.24) is 10.2 Å². The van der Waals surface area contributed by atoms with E-state index in [1.807, 2.05) is 12.1 Å². The van der Waals surface area contributed by atoms with E-state index >= 15 is 0 Å². The number of rotatable bonds is 3. The molecule has 1 aromatic rings. The Morgan fingerprint density at radius 1 is 1.42 bits per heavy atom. The third-order valence-corrected chi connectivity index (χ3v) is 3.83. The topological polar surface area (TPSA) is 44.4 Å². The molecule has 1 aromatic carbocycles. The lowest BCUT2D eigenvalue weighted by molar-refractivity contribution is -0.117. The molecule has 1 aliphatic rings. The number of amides is 1. The SMILES string of the molecule is O=C(CN1CCCNCC1)Nc1cc(Br)ccc1Cl. The van der Waals surface area contributed by atoms with Gasteiger partial charge < -0.3 is 10.6 Å². The van der Waals surface area contributed by atoms with Crippen LogP contribution in [0.3, 0.4) is 0 Å². The van der Waals surface area contributed by atoms with E-state index in [0.29, 0.717) is 17.3 Å². The highest BCUT2D eigenvalue weighted by Crippen LogP contribution is 2.25. The highest BCUT2D eigenvalue weighted by atomic mass is 79.9.